The summed E-state index contributed by atoms with van der Waals surface area (Å²) in [5.74, 6) is -0.838. The van der Waals surface area contributed by atoms with E-state index in [2.05, 4.69) is 6.92 Å². The summed E-state index contributed by atoms with van der Waals surface area (Å²) in [5, 5.41) is 39.6. The minimum Gasteiger partial charge on any atom is -0.462 e. The summed E-state index contributed by atoms with van der Waals surface area (Å²) in [7, 11) is 0. The molecule has 284 valence electrons. The lowest BCUT2D eigenvalue weighted by molar-refractivity contribution is -0.305. The Bertz CT molecular complexity index is 764. The van der Waals surface area contributed by atoms with Gasteiger partial charge in [0.2, 0.25) is 0 Å². The Kier molecular flexibility index (Phi) is 28.4. The monoisotopic (exact) mass is 689 g/mol. The number of carbonyl (C=O) groups is 2. The number of hydrogen-bond donors (Lipinski definition) is 4. The van der Waals surface area contributed by atoms with E-state index < -0.39 is 55.4 Å². The molecule has 0 aliphatic carbocycles. The highest BCUT2D eigenvalue weighted by atomic mass is 16.7. The molecule has 0 aromatic carbocycles. The quantitative estimate of drug-likeness (QED) is 0.0427. The van der Waals surface area contributed by atoms with Crippen molar-refractivity contribution in [1.82, 2.24) is 0 Å². The van der Waals surface area contributed by atoms with Gasteiger partial charge in [-0.25, -0.2) is 0 Å². The third-order valence-corrected chi connectivity index (χ3v) is 9.24. The summed E-state index contributed by atoms with van der Waals surface area (Å²) in [6.45, 7) is 3.17. The highest BCUT2D eigenvalue weighted by Crippen LogP contribution is 2.22. The fraction of sp³-hybridized carbons (Fsp3) is 0.947. The second-order valence-electron chi connectivity index (χ2n) is 13.8. The topological polar surface area (TPSA) is 152 Å². The van der Waals surface area contributed by atoms with E-state index in [0.717, 1.165) is 25.7 Å². The van der Waals surface area contributed by atoms with Crippen molar-refractivity contribution in [2.75, 3.05) is 19.8 Å². The van der Waals surface area contributed by atoms with Crippen molar-refractivity contribution < 1.29 is 49.0 Å². The van der Waals surface area contributed by atoms with Crippen molar-refractivity contribution in [2.45, 2.75) is 211 Å². The zero-order valence-corrected chi connectivity index (χ0v) is 30.5. The van der Waals surface area contributed by atoms with Crippen molar-refractivity contribution in [3.05, 3.63) is 0 Å². The van der Waals surface area contributed by atoms with E-state index in [1.165, 1.54) is 109 Å². The van der Waals surface area contributed by atoms with E-state index in [0.29, 0.717) is 12.8 Å². The standard InChI is InChI=1S/C38H72O10/c1-3-5-7-8-9-10-11-12-13-14-15-16-17-18-19-20-21-22-23-24-25-27-34(41)47-31(29-45-33(40)26-6-4-2)30-46-38-37(44)36(43)35(42)32(28-39)48-38/h31-32,35-39,42-44H,3-30H2,1-2H3. The SMILES string of the molecule is CCCCCCCCCCCCCCCCCCCCCCCC(=O)OC(COC(=O)CCCC)COC1OC(CO)C(O)C(O)C1O. The molecular formula is C38H72O10. The van der Waals surface area contributed by atoms with Gasteiger partial charge >= 0.3 is 11.9 Å². The van der Waals surface area contributed by atoms with E-state index in [1.54, 1.807) is 0 Å². The molecule has 0 aromatic heterocycles. The Morgan fingerprint density at radius 3 is 1.46 bits per heavy atom. The van der Waals surface area contributed by atoms with Crippen molar-refractivity contribution in [1.29, 1.82) is 0 Å². The molecule has 6 atom stereocenters. The molecule has 1 saturated heterocycles. The van der Waals surface area contributed by atoms with Crippen LogP contribution in [0.15, 0.2) is 0 Å². The van der Waals surface area contributed by atoms with Crippen LogP contribution in [0, 0.1) is 0 Å². The molecule has 1 aliphatic rings. The highest BCUT2D eigenvalue weighted by Gasteiger charge is 2.44. The molecule has 1 aliphatic heterocycles. The molecule has 0 bridgehead atoms. The van der Waals surface area contributed by atoms with Gasteiger partial charge in [-0.05, 0) is 12.8 Å². The molecule has 10 nitrogen and oxygen atoms in total. The van der Waals surface area contributed by atoms with Gasteiger partial charge in [0.1, 0.15) is 31.0 Å². The molecule has 0 radical (unpaired) electrons. The molecule has 1 rings (SSSR count). The first-order valence-corrected chi connectivity index (χ1v) is 19.6. The Hall–Kier alpha value is -1.30. The number of rotatable bonds is 32. The normalized spacial score (nSPS) is 21.7. The van der Waals surface area contributed by atoms with Crippen LogP contribution < -0.4 is 0 Å². The molecule has 10 heteroatoms. The summed E-state index contributed by atoms with van der Waals surface area (Å²) in [6, 6.07) is 0. The molecule has 0 amide bonds. The van der Waals surface area contributed by atoms with Gasteiger partial charge in [0, 0.05) is 12.8 Å². The number of carbonyl (C=O) groups excluding carboxylic acids is 2. The minimum absolute atomic E-state index is 0.217. The predicted molar refractivity (Wildman–Crippen MR) is 187 cm³/mol. The van der Waals surface area contributed by atoms with E-state index in [-0.39, 0.29) is 26.1 Å². The molecule has 0 aromatic rings. The molecule has 1 fully saturated rings. The van der Waals surface area contributed by atoms with Crippen molar-refractivity contribution in [3.8, 4) is 0 Å². The van der Waals surface area contributed by atoms with Gasteiger partial charge in [0.05, 0.1) is 13.2 Å². The van der Waals surface area contributed by atoms with Gasteiger partial charge in [-0.15, -0.1) is 0 Å². The lowest BCUT2D eigenvalue weighted by Gasteiger charge is -2.39. The molecular weight excluding hydrogens is 616 g/mol. The average Bonchev–Trinajstić information content (AvgIpc) is 3.08. The molecule has 48 heavy (non-hydrogen) atoms. The third kappa shape index (κ3) is 22.4. The summed E-state index contributed by atoms with van der Waals surface area (Å²) in [5.41, 5.74) is 0. The first-order valence-electron chi connectivity index (χ1n) is 19.6. The van der Waals surface area contributed by atoms with Gasteiger partial charge in [0.15, 0.2) is 12.4 Å². The molecule has 6 unspecified atom stereocenters. The van der Waals surface area contributed by atoms with Crippen LogP contribution in [0.5, 0.6) is 0 Å². The maximum atomic E-state index is 12.6. The van der Waals surface area contributed by atoms with Crippen LogP contribution in [0.2, 0.25) is 0 Å². The second kappa shape index (κ2) is 30.5. The fourth-order valence-electron chi connectivity index (χ4n) is 6.05. The van der Waals surface area contributed by atoms with Crippen molar-refractivity contribution >= 4 is 11.9 Å². The smallest absolute Gasteiger partial charge is 0.306 e. The van der Waals surface area contributed by atoms with Crippen LogP contribution in [0.25, 0.3) is 0 Å². The van der Waals surface area contributed by atoms with Gasteiger partial charge in [-0.2, -0.15) is 0 Å². The summed E-state index contributed by atoms with van der Waals surface area (Å²) in [6.07, 6.45) is 21.1. The minimum atomic E-state index is -1.59. The van der Waals surface area contributed by atoms with Crippen molar-refractivity contribution in [3.63, 3.8) is 0 Å². The number of ether oxygens (including phenoxy) is 4. The Morgan fingerprint density at radius 1 is 0.562 bits per heavy atom. The highest BCUT2D eigenvalue weighted by molar-refractivity contribution is 5.70. The summed E-state index contributed by atoms with van der Waals surface area (Å²) < 4.78 is 21.7. The first-order chi connectivity index (χ1) is 23.3. The fourth-order valence-corrected chi connectivity index (χ4v) is 6.05. The first kappa shape index (κ1) is 44.7. The van der Waals surface area contributed by atoms with Crippen LogP contribution in [-0.4, -0.2) is 89.0 Å². The number of esters is 2. The summed E-state index contributed by atoms with van der Waals surface area (Å²) in [4.78, 5) is 24.6. The summed E-state index contributed by atoms with van der Waals surface area (Å²) >= 11 is 0. The second-order valence-corrected chi connectivity index (χ2v) is 13.8. The van der Waals surface area contributed by atoms with E-state index in [4.69, 9.17) is 18.9 Å². The van der Waals surface area contributed by atoms with Crippen LogP contribution in [-0.2, 0) is 28.5 Å². The number of unbranched alkanes of at least 4 members (excludes halogenated alkanes) is 21. The maximum Gasteiger partial charge on any atom is 0.306 e. The molecule has 4 N–H and O–H groups in total. The average molecular weight is 689 g/mol. The van der Waals surface area contributed by atoms with Gasteiger partial charge in [-0.1, -0.05) is 149 Å². The maximum absolute atomic E-state index is 12.6. The van der Waals surface area contributed by atoms with Gasteiger partial charge in [0.25, 0.3) is 0 Å². The molecule has 0 saturated carbocycles. The number of aliphatic hydroxyl groups is 4. The van der Waals surface area contributed by atoms with Crippen LogP contribution >= 0.6 is 0 Å². The van der Waals surface area contributed by atoms with Gasteiger partial charge in [-0.3, -0.25) is 9.59 Å². The van der Waals surface area contributed by atoms with Crippen LogP contribution in [0.4, 0.5) is 0 Å². The lowest BCUT2D eigenvalue weighted by atomic mass is 9.99. The molecule has 0 spiro atoms. The van der Waals surface area contributed by atoms with E-state index in [1.807, 2.05) is 6.92 Å². The van der Waals surface area contributed by atoms with Crippen LogP contribution in [0.1, 0.15) is 174 Å². The Morgan fingerprint density at radius 2 is 1.00 bits per heavy atom. The zero-order chi connectivity index (χ0) is 35.2. The number of aliphatic hydroxyl groups excluding tert-OH is 4. The zero-order valence-electron chi connectivity index (χ0n) is 30.5. The van der Waals surface area contributed by atoms with Crippen LogP contribution in [0.3, 0.4) is 0 Å². The largest absolute Gasteiger partial charge is 0.462 e. The predicted octanol–water partition coefficient (Wildman–Crippen LogP) is 7.05. The van der Waals surface area contributed by atoms with Gasteiger partial charge < -0.3 is 39.4 Å². The molecule has 1 heterocycles. The third-order valence-electron chi connectivity index (χ3n) is 9.24. The Balaban J connectivity index is 2.14. The van der Waals surface area contributed by atoms with E-state index in [9.17, 15) is 30.0 Å². The lowest BCUT2D eigenvalue weighted by Crippen LogP contribution is -2.59. The van der Waals surface area contributed by atoms with Crippen molar-refractivity contribution in [2.24, 2.45) is 0 Å². The Labute approximate surface area is 291 Å². The van der Waals surface area contributed by atoms with E-state index >= 15 is 0 Å². The number of hydrogen-bond acceptors (Lipinski definition) is 10.